The molecule has 0 aliphatic carbocycles. The molecule has 0 bridgehead atoms. The molecule has 0 saturated heterocycles. The van der Waals surface area contributed by atoms with Gasteiger partial charge in [0.15, 0.2) is 0 Å². The molecular formula is C18H24BFN4O10. The van der Waals surface area contributed by atoms with E-state index in [1.54, 1.807) is 0 Å². The molecule has 0 spiro atoms. The highest BCUT2D eigenvalue weighted by Gasteiger charge is 2.25. The highest BCUT2D eigenvalue weighted by Crippen LogP contribution is 2.12. The highest BCUT2D eigenvalue weighted by atomic mass is 19.1. The molecule has 0 fully saturated rings. The van der Waals surface area contributed by atoms with Crippen molar-refractivity contribution in [3.8, 4) is 0 Å². The van der Waals surface area contributed by atoms with Crippen LogP contribution in [0.4, 0.5) is 15.0 Å². The first-order valence-electron chi connectivity index (χ1n) is 9.86. The number of nitrogens with one attached hydrogen (secondary N) is 2. The molecule has 16 heteroatoms. The normalized spacial score (nSPS) is 12.2. The minimum Gasteiger partial charge on any atom is -0.481 e. The summed E-state index contributed by atoms with van der Waals surface area (Å²) in [6.07, 6.45) is -0.554. The Bertz CT molecular complexity index is 932. The summed E-state index contributed by atoms with van der Waals surface area (Å²) in [4.78, 5) is 62.1. The minimum absolute atomic E-state index is 0.0300. The smallest absolute Gasteiger partial charge is 0.481 e. The second kappa shape index (κ2) is 13.1. The number of hydrogen-bond donors (Lipinski definition) is 7. The predicted octanol–water partition coefficient (Wildman–Crippen LogP) is -1.90. The molecule has 7 N–H and O–H groups in total. The van der Waals surface area contributed by atoms with E-state index in [1.165, 1.54) is 7.05 Å². The van der Waals surface area contributed by atoms with Crippen LogP contribution in [0.2, 0.25) is 0 Å². The quantitative estimate of drug-likeness (QED) is 0.152. The van der Waals surface area contributed by atoms with Crippen molar-refractivity contribution in [2.75, 3.05) is 11.9 Å². The fraction of sp³-hybridized carbons (Fsp3) is 0.444. The van der Waals surface area contributed by atoms with E-state index >= 15 is 0 Å². The first-order chi connectivity index (χ1) is 15.8. The summed E-state index contributed by atoms with van der Waals surface area (Å²) in [5, 5.41) is 49.0. The number of carbonyl (C=O) groups is 5. The van der Waals surface area contributed by atoms with E-state index in [9.17, 15) is 33.5 Å². The van der Waals surface area contributed by atoms with Gasteiger partial charge in [-0.05, 0) is 19.3 Å². The lowest BCUT2D eigenvalue weighted by atomic mass is 9.81. The van der Waals surface area contributed by atoms with E-state index < -0.39 is 73.2 Å². The molecule has 0 aromatic carbocycles. The number of amides is 3. The molecule has 1 aromatic rings. The summed E-state index contributed by atoms with van der Waals surface area (Å²) >= 11 is 0. The average molecular weight is 486 g/mol. The third-order valence-corrected chi connectivity index (χ3v) is 4.60. The molecule has 1 rings (SSSR count). The van der Waals surface area contributed by atoms with Gasteiger partial charge < -0.3 is 36.0 Å². The zero-order valence-corrected chi connectivity index (χ0v) is 18.0. The maximum absolute atomic E-state index is 13.8. The summed E-state index contributed by atoms with van der Waals surface area (Å²) in [7, 11) is -0.800. The first kappa shape index (κ1) is 28.2. The van der Waals surface area contributed by atoms with E-state index in [2.05, 4.69) is 10.3 Å². The summed E-state index contributed by atoms with van der Waals surface area (Å²) in [5.74, 6) is -5.91. The van der Waals surface area contributed by atoms with E-state index in [0.29, 0.717) is 0 Å². The molecule has 0 saturated carbocycles. The first-order valence-corrected chi connectivity index (χ1v) is 9.86. The molecule has 3 amide bonds. The summed E-state index contributed by atoms with van der Waals surface area (Å²) in [5.41, 5.74) is -0.480. The number of rotatable bonds is 13. The van der Waals surface area contributed by atoms with Crippen molar-refractivity contribution in [1.82, 2.24) is 15.6 Å². The maximum atomic E-state index is 13.8. The fourth-order valence-electron chi connectivity index (χ4n) is 2.70. The van der Waals surface area contributed by atoms with Crippen LogP contribution in [0.1, 0.15) is 32.1 Å². The SMILES string of the molecule is CN(C(=O)CCC[C@H](NC(=O)N[C@@H](CCC(=O)O)C(=O)O)C(=O)O)c1cc(F)c(B(O)O)cn1. The number of carbonyl (C=O) groups excluding carboxylic acids is 2. The predicted molar refractivity (Wildman–Crippen MR) is 113 cm³/mol. The van der Waals surface area contributed by atoms with Crippen LogP contribution in [0, 0.1) is 5.82 Å². The second-order valence-corrected chi connectivity index (χ2v) is 7.11. The molecule has 1 aromatic heterocycles. The van der Waals surface area contributed by atoms with Crippen LogP contribution in [0.15, 0.2) is 12.3 Å². The number of urea groups is 1. The van der Waals surface area contributed by atoms with Crippen molar-refractivity contribution >= 4 is 48.2 Å². The van der Waals surface area contributed by atoms with Gasteiger partial charge in [-0.3, -0.25) is 14.5 Å². The molecule has 0 aliphatic heterocycles. The fourth-order valence-corrected chi connectivity index (χ4v) is 2.70. The van der Waals surface area contributed by atoms with Crippen LogP contribution in [0.25, 0.3) is 0 Å². The average Bonchev–Trinajstić information content (AvgIpc) is 2.74. The van der Waals surface area contributed by atoms with Gasteiger partial charge in [0.1, 0.15) is 23.7 Å². The molecular weight excluding hydrogens is 462 g/mol. The van der Waals surface area contributed by atoms with Gasteiger partial charge in [0.2, 0.25) is 5.91 Å². The molecule has 14 nitrogen and oxygen atoms in total. The van der Waals surface area contributed by atoms with Gasteiger partial charge in [0.25, 0.3) is 0 Å². The van der Waals surface area contributed by atoms with Gasteiger partial charge in [-0.2, -0.15) is 0 Å². The van der Waals surface area contributed by atoms with Crippen LogP contribution in [0.5, 0.6) is 0 Å². The Morgan fingerprint density at radius 3 is 2.06 bits per heavy atom. The van der Waals surface area contributed by atoms with Crippen molar-refractivity contribution in [1.29, 1.82) is 0 Å². The van der Waals surface area contributed by atoms with E-state index in [-0.39, 0.29) is 25.1 Å². The number of halogens is 1. The van der Waals surface area contributed by atoms with Crippen LogP contribution in [-0.2, 0) is 19.2 Å². The van der Waals surface area contributed by atoms with Gasteiger partial charge in [-0.1, -0.05) is 0 Å². The second-order valence-electron chi connectivity index (χ2n) is 7.11. The molecule has 0 unspecified atom stereocenters. The number of aromatic nitrogens is 1. The van der Waals surface area contributed by atoms with Crippen molar-refractivity contribution < 1.29 is 53.7 Å². The van der Waals surface area contributed by atoms with Gasteiger partial charge >= 0.3 is 31.1 Å². The minimum atomic E-state index is -2.08. The van der Waals surface area contributed by atoms with Gasteiger partial charge in [0, 0.05) is 37.6 Å². The molecule has 0 aliphatic rings. The number of nitrogens with zero attached hydrogens (tertiary/aromatic N) is 2. The standard InChI is InChI=1S/C18H24BFN4O10/c1-24(13-7-10(20)9(8-21-13)19(33)34)14(25)4-2-3-11(16(28)29)22-18(32)23-12(17(30)31)5-6-15(26)27/h7-8,11-12,33-34H,2-6H2,1H3,(H,26,27)(H,28,29)(H,30,31)(H2,22,23,32)/t11-,12-/m0/s1. The molecule has 1 heterocycles. The Morgan fingerprint density at radius 2 is 1.59 bits per heavy atom. The van der Waals surface area contributed by atoms with Gasteiger partial charge in [0.05, 0.1) is 0 Å². The van der Waals surface area contributed by atoms with E-state index in [0.717, 1.165) is 17.2 Å². The number of hydrogen-bond acceptors (Lipinski definition) is 8. The molecule has 34 heavy (non-hydrogen) atoms. The van der Waals surface area contributed by atoms with Crippen LogP contribution in [0.3, 0.4) is 0 Å². The van der Waals surface area contributed by atoms with E-state index in [4.69, 9.17) is 20.3 Å². The number of carboxylic acid groups (broad SMARTS) is 3. The Hall–Kier alpha value is -3.79. The largest absolute Gasteiger partial charge is 0.493 e. The van der Waals surface area contributed by atoms with E-state index in [1.807, 2.05) is 5.32 Å². The third-order valence-electron chi connectivity index (χ3n) is 4.60. The Kier molecular flexibility index (Phi) is 10.8. The van der Waals surface area contributed by atoms with Crippen LogP contribution < -0.4 is 21.0 Å². The summed E-state index contributed by atoms with van der Waals surface area (Å²) < 4.78 is 13.8. The number of pyridine rings is 1. The van der Waals surface area contributed by atoms with Crippen molar-refractivity contribution in [3.05, 3.63) is 18.1 Å². The monoisotopic (exact) mass is 486 g/mol. The number of anilines is 1. The summed E-state index contributed by atoms with van der Waals surface area (Å²) in [6, 6.07) is -3.35. The Balaban J connectivity index is 2.64. The maximum Gasteiger partial charge on any atom is 0.493 e. The number of aliphatic carboxylic acids is 3. The number of carboxylic acids is 3. The Morgan fingerprint density at radius 1 is 1.03 bits per heavy atom. The van der Waals surface area contributed by atoms with Gasteiger partial charge in [-0.25, -0.2) is 23.8 Å². The van der Waals surface area contributed by atoms with Crippen molar-refractivity contribution in [3.63, 3.8) is 0 Å². The summed E-state index contributed by atoms with van der Waals surface area (Å²) in [6.45, 7) is 0. The lowest BCUT2D eigenvalue weighted by molar-refractivity contribution is -0.140. The van der Waals surface area contributed by atoms with Crippen LogP contribution in [-0.4, -0.2) is 86.4 Å². The van der Waals surface area contributed by atoms with Gasteiger partial charge in [-0.15, -0.1) is 0 Å². The lowest BCUT2D eigenvalue weighted by Crippen LogP contribution is -2.51. The topological polar surface area (TPSA) is 227 Å². The van der Waals surface area contributed by atoms with Crippen molar-refractivity contribution in [2.45, 2.75) is 44.2 Å². The zero-order valence-electron chi connectivity index (χ0n) is 18.0. The molecule has 186 valence electrons. The molecule has 2 atom stereocenters. The van der Waals surface area contributed by atoms with Crippen LogP contribution >= 0.6 is 0 Å². The lowest BCUT2D eigenvalue weighted by Gasteiger charge is -2.19. The zero-order chi connectivity index (χ0) is 26.0. The Labute approximate surface area is 192 Å². The molecule has 0 radical (unpaired) electrons. The van der Waals surface area contributed by atoms with Crippen molar-refractivity contribution in [2.24, 2.45) is 0 Å². The third kappa shape index (κ3) is 8.99. The highest BCUT2D eigenvalue weighted by molar-refractivity contribution is 6.58.